The number of rotatable bonds is 2. The lowest BCUT2D eigenvalue weighted by Crippen LogP contribution is -2.51. The van der Waals surface area contributed by atoms with Crippen molar-refractivity contribution in [2.45, 2.75) is 64.2 Å². The van der Waals surface area contributed by atoms with Crippen molar-refractivity contribution in [1.82, 2.24) is 0 Å². The fraction of sp³-hybridized carbons (Fsp3) is 0.714. The Morgan fingerprint density at radius 3 is 2.75 bits per heavy atom. The number of aromatic hydroxyl groups is 1. The van der Waals surface area contributed by atoms with E-state index in [4.69, 9.17) is 10.7 Å². The molecule has 0 heterocycles. The predicted octanol–water partition coefficient (Wildman–Crippen LogP) is 4.49. The summed E-state index contributed by atoms with van der Waals surface area (Å²) in [5.74, 6) is 8.43. The number of hydrogen-bond donors (Lipinski definition) is 2. The molecule has 1 aromatic rings. The molecule has 6 atom stereocenters. The van der Waals surface area contributed by atoms with Crippen LogP contribution >= 0.6 is 0 Å². The van der Waals surface area contributed by atoms with E-state index in [1.54, 1.807) is 0 Å². The molecule has 2 saturated carbocycles. The second-order valence-corrected chi connectivity index (χ2v) is 9.15. The molecule has 0 saturated heterocycles. The summed E-state index contributed by atoms with van der Waals surface area (Å²) in [5.41, 5.74) is 3.41. The standard InChI is InChI=1S/C21H31NO2/c1-13-4-6-18-19-10-14(12-24-22)16-11-15(23)5-7-17(16)21(19,3)9-8-20(13,18)2/h5,7,11,13-14,18-19,23H,4,6,8-10,12,22H2,1-3H3/t13?,14-,18?,19?,20?,21+/m0/s1. The Morgan fingerprint density at radius 2 is 2.00 bits per heavy atom. The highest BCUT2D eigenvalue weighted by Crippen LogP contribution is 2.66. The number of nitrogens with two attached hydrogens (primary N) is 1. The zero-order valence-corrected chi connectivity index (χ0v) is 15.2. The first-order valence-corrected chi connectivity index (χ1v) is 9.55. The van der Waals surface area contributed by atoms with Gasteiger partial charge in [-0.25, -0.2) is 5.90 Å². The normalized spacial score (nSPS) is 43.8. The summed E-state index contributed by atoms with van der Waals surface area (Å²) in [6.45, 7) is 8.01. The van der Waals surface area contributed by atoms with Crippen molar-refractivity contribution in [3.63, 3.8) is 0 Å². The Morgan fingerprint density at radius 1 is 1.21 bits per heavy atom. The lowest BCUT2D eigenvalue weighted by molar-refractivity contribution is -0.0178. The Bertz CT molecular complexity index is 645. The van der Waals surface area contributed by atoms with Gasteiger partial charge in [0.2, 0.25) is 0 Å². The summed E-state index contributed by atoms with van der Waals surface area (Å²) < 4.78 is 0. The number of hydrogen-bond acceptors (Lipinski definition) is 3. The molecule has 4 unspecified atom stereocenters. The molecule has 0 aliphatic heterocycles. The Labute approximate surface area is 145 Å². The van der Waals surface area contributed by atoms with Crippen LogP contribution in [-0.4, -0.2) is 11.7 Å². The van der Waals surface area contributed by atoms with Crippen LogP contribution < -0.4 is 5.90 Å². The van der Waals surface area contributed by atoms with Gasteiger partial charge in [0.05, 0.1) is 6.61 Å². The maximum absolute atomic E-state index is 10.0. The summed E-state index contributed by atoms with van der Waals surface area (Å²) in [7, 11) is 0. The topological polar surface area (TPSA) is 55.5 Å². The number of fused-ring (bicyclic) bond motifs is 5. The summed E-state index contributed by atoms with van der Waals surface area (Å²) in [6, 6.07) is 5.98. The van der Waals surface area contributed by atoms with Gasteiger partial charge >= 0.3 is 0 Å². The minimum atomic E-state index is 0.225. The van der Waals surface area contributed by atoms with E-state index in [9.17, 15) is 5.11 Å². The minimum absolute atomic E-state index is 0.225. The van der Waals surface area contributed by atoms with Gasteiger partial charge in [0.1, 0.15) is 5.75 Å². The van der Waals surface area contributed by atoms with Crippen molar-refractivity contribution in [2.24, 2.45) is 29.1 Å². The van der Waals surface area contributed by atoms with E-state index in [-0.39, 0.29) is 5.41 Å². The van der Waals surface area contributed by atoms with Crippen LogP contribution in [0.5, 0.6) is 5.75 Å². The van der Waals surface area contributed by atoms with Gasteiger partial charge in [-0.05, 0) is 83.9 Å². The largest absolute Gasteiger partial charge is 0.508 e. The maximum atomic E-state index is 10.0. The molecule has 1 aromatic carbocycles. The molecule has 4 rings (SSSR count). The van der Waals surface area contributed by atoms with Crippen molar-refractivity contribution in [1.29, 1.82) is 0 Å². The van der Waals surface area contributed by atoms with E-state index in [1.165, 1.54) is 36.8 Å². The van der Waals surface area contributed by atoms with Crippen LogP contribution in [0.15, 0.2) is 18.2 Å². The Kier molecular flexibility index (Phi) is 3.74. The molecule has 0 amide bonds. The highest BCUT2D eigenvalue weighted by molar-refractivity contribution is 5.45. The molecule has 3 aliphatic rings. The molecule has 3 nitrogen and oxygen atoms in total. The van der Waals surface area contributed by atoms with Gasteiger partial charge in [-0.15, -0.1) is 0 Å². The summed E-state index contributed by atoms with van der Waals surface area (Å²) in [4.78, 5) is 5.07. The fourth-order valence-corrected chi connectivity index (χ4v) is 6.58. The predicted molar refractivity (Wildman–Crippen MR) is 95.7 cm³/mol. The molecule has 3 heteroatoms. The van der Waals surface area contributed by atoms with Gasteiger partial charge in [-0.1, -0.05) is 26.8 Å². The van der Waals surface area contributed by atoms with Crippen LogP contribution in [0.25, 0.3) is 0 Å². The molecule has 3 N–H and O–H groups in total. The van der Waals surface area contributed by atoms with Crippen molar-refractivity contribution in [3.8, 4) is 5.75 Å². The van der Waals surface area contributed by atoms with Crippen molar-refractivity contribution in [2.75, 3.05) is 6.61 Å². The van der Waals surface area contributed by atoms with Crippen LogP contribution in [0.1, 0.15) is 69.9 Å². The summed E-state index contributed by atoms with van der Waals surface area (Å²) in [5, 5.41) is 10.0. The summed E-state index contributed by atoms with van der Waals surface area (Å²) in [6.07, 6.45) is 6.44. The first-order valence-electron chi connectivity index (χ1n) is 9.55. The van der Waals surface area contributed by atoms with E-state index in [0.717, 1.165) is 18.3 Å². The Balaban J connectivity index is 1.81. The Hall–Kier alpha value is -1.06. The van der Waals surface area contributed by atoms with Crippen LogP contribution in [0.3, 0.4) is 0 Å². The average Bonchev–Trinajstić information content (AvgIpc) is 2.85. The molecular weight excluding hydrogens is 298 g/mol. The monoisotopic (exact) mass is 329 g/mol. The van der Waals surface area contributed by atoms with E-state index in [1.807, 2.05) is 12.1 Å². The van der Waals surface area contributed by atoms with E-state index >= 15 is 0 Å². The van der Waals surface area contributed by atoms with Gasteiger partial charge in [0.25, 0.3) is 0 Å². The number of benzene rings is 1. The SMILES string of the molecule is CC1CCC2C3C[C@@H](CON)c4cc(O)ccc4[C@@]3(C)CCC12C. The lowest BCUT2D eigenvalue weighted by Gasteiger charge is -2.57. The van der Waals surface area contributed by atoms with Crippen LogP contribution in [0.4, 0.5) is 0 Å². The average molecular weight is 329 g/mol. The third-order valence-corrected chi connectivity index (χ3v) is 8.30. The molecule has 3 aliphatic carbocycles. The van der Waals surface area contributed by atoms with E-state index in [2.05, 4.69) is 26.8 Å². The molecule has 24 heavy (non-hydrogen) atoms. The second kappa shape index (κ2) is 5.47. The minimum Gasteiger partial charge on any atom is -0.508 e. The van der Waals surface area contributed by atoms with Crippen molar-refractivity contribution >= 4 is 0 Å². The van der Waals surface area contributed by atoms with Gasteiger partial charge < -0.3 is 9.94 Å². The third kappa shape index (κ3) is 2.10. The van der Waals surface area contributed by atoms with Crippen LogP contribution in [0.2, 0.25) is 0 Å². The van der Waals surface area contributed by atoms with Crippen molar-refractivity contribution in [3.05, 3.63) is 29.3 Å². The molecule has 2 fully saturated rings. The van der Waals surface area contributed by atoms with Crippen LogP contribution in [0, 0.1) is 23.2 Å². The lowest BCUT2D eigenvalue weighted by atomic mass is 9.47. The third-order valence-electron chi connectivity index (χ3n) is 8.30. The number of phenols is 1. The van der Waals surface area contributed by atoms with Crippen LogP contribution in [-0.2, 0) is 10.3 Å². The first kappa shape index (κ1) is 16.4. The maximum Gasteiger partial charge on any atom is 0.115 e. The zero-order valence-electron chi connectivity index (χ0n) is 15.2. The highest BCUT2D eigenvalue weighted by Gasteiger charge is 2.58. The van der Waals surface area contributed by atoms with Gasteiger partial charge in [-0.2, -0.15) is 0 Å². The quantitative estimate of drug-likeness (QED) is 0.786. The molecule has 0 spiro atoms. The fourth-order valence-electron chi connectivity index (χ4n) is 6.58. The molecule has 0 radical (unpaired) electrons. The smallest absolute Gasteiger partial charge is 0.115 e. The number of phenolic OH excluding ortho intramolecular Hbond substituents is 1. The second-order valence-electron chi connectivity index (χ2n) is 9.15. The molecule has 0 aromatic heterocycles. The van der Waals surface area contributed by atoms with Gasteiger partial charge in [-0.3, -0.25) is 0 Å². The highest BCUT2D eigenvalue weighted by atomic mass is 16.6. The van der Waals surface area contributed by atoms with E-state index < -0.39 is 0 Å². The summed E-state index contributed by atoms with van der Waals surface area (Å²) >= 11 is 0. The van der Waals surface area contributed by atoms with Gasteiger partial charge in [0.15, 0.2) is 0 Å². The first-order chi connectivity index (χ1) is 11.4. The zero-order chi connectivity index (χ0) is 17.1. The van der Waals surface area contributed by atoms with Gasteiger partial charge in [0, 0.05) is 5.92 Å². The van der Waals surface area contributed by atoms with Crippen molar-refractivity contribution < 1.29 is 9.94 Å². The molecule has 132 valence electrons. The molecule has 0 bridgehead atoms. The molecular formula is C21H31NO2. The van der Waals surface area contributed by atoms with E-state index in [0.29, 0.717) is 29.6 Å².